The first kappa shape index (κ1) is 21.6. The van der Waals surface area contributed by atoms with Crippen molar-refractivity contribution in [3.8, 4) is 11.5 Å². The normalized spacial score (nSPS) is 19.1. The first-order chi connectivity index (χ1) is 14.9. The van der Waals surface area contributed by atoms with Crippen LogP contribution in [0.5, 0.6) is 11.5 Å². The van der Waals surface area contributed by atoms with Gasteiger partial charge in [0.15, 0.2) is 11.5 Å². The molecule has 2 aromatic carbocycles. The molecule has 0 saturated carbocycles. The molecule has 2 aliphatic heterocycles. The summed E-state index contributed by atoms with van der Waals surface area (Å²) in [5.74, 6) is 1.25. The molecule has 1 fully saturated rings. The first-order valence-electron chi connectivity index (χ1n) is 10.7. The maximum atomic E-state index is 12.9. The van der Waals surface area contributed by atoms with Crippen LogP contribution in [-0.4, -0.2) is 51.0 Å². The van der Waals surface area contributed by atoms with Crippen LogP contribution < -0.4 is 14.8 Å². The minimum atomic E-state index is -3.53. The summed E-state index contributed by atoms with van der Waals surface area (Å²) in [6.07, 6.45) is 3.47. The van der Waals surface area contributed by atoms with Crippen molar-refractivity contribution in [2.75, 3.05) is 26.3 Å². The number of nitrogens with one attached hydrogen (secondary N) is 1. The maximum Gasteiger partial charge on any atom is 0.251 e. The van der Waals surface area contributed by atoms with Crippen LogP contribution in [0.4, 0.5) is 0 Å². The molecule has 1 amide bonds. The number of ether oxygens (including phenoxy) is 2. The zero-order chi connectivity index (χ0) is 21.8. The summed E-state index contributed by atoms with van der Waals surface area (Å²) in [6, 6.07) is 12.0. The highest BCUT2D eigenvalue weighted by Crippen LogP contribution is 2.30. The van der Waals surface area contributed by atoms with Crippen LogP contribution in [0.3, 0.4) is 0 Å². The Morgan fingerprint density at radius 1 is 1.06 bits per heavy atom. The summed E-state index contributed by atoms with van der Waals surface area (Å²) in [7, 11) is -3.53. The second kappa shape index (κ2) is 9.28. The lowest BCUT2D eigenvalue weighted by Gasteiger charge is -2.32. The number of hydrogen-bond donors (Lipinski definition) is 1. The second-order valence-corrected chi connectivity index (χ2v) is 9.86. The number of hydrogen-bond acceptors (Lipinski definition) is 5. The molecule has 0 bridgehead atoms. The monoisotopic (exact) mass is 444 g/mol. The minimum Gasteiger partial charge on any atom is -0.486 e. The summed E-state index contributed by atoms with van der Waals surface area (Å²) in [5, 5.41) is 2.89. The van der Waals surface area contributed by atoms with E-state index in [0.717, 1.165) is 36.3 Å². The Morgan fingerprint density at radius 2 is 1.81 bits per heavy atom. The van der Waals surface area contributed by atoms with Crippen molar-refractivity contribution >= 4 is 15.9 Å². The van der Waals surface area contributed by atoms with Gasteiger partial charge in [0.1, 0.15) is 13.2 Å². The van der Waals surface area contributed by atoms with Crippen molar-refractivity contribution in [3.05, 3.63) is 53.6 Å². The van der Waals surface area contributed by atoms with Gasteiger partial charge < -0.3 is 14.8 Å². The van der Waals surface area contributed by atoms with Gasteiger partial charge in [0.25, 0.3) is 5.91 Å². The third-order valence-electron chi connectivity index (χ3n) is 5.77. The van der Waals surface area contributed by atoms with E-state index in [2.05, 4.69) is 5.32 Å². The highest BCUT2D eigenvalue weighted by Gasteiger charge is 2.30. The molecule has 166 valence electrons. The highest BCUT2D eigenvalue weighted by molar-refractivity contribution is 7.89. The molecule has 0 radical (unpaired) electrons. The van der Waals surface area contributed by atoms with E-state index in [1.165, 1.54) is 12.1 Å². The van der Waals surface area contributed by atoms with Crippen molar-refractivity contribution in [2.24, 2.45) is 0 Å². The lowest BCUT2D eigenvalue weighted by Crippen LogP contribution is -2.41. The molecule has 0 unspecified atom stereocenters. The number of nitrogens with zero attached hydrogens (tertiary/aromatic N) is 1. The molecule has 0 aliphatic carbocycles. The number of amides is 1. The van der Waals surface area contributed by atoms with Crippen molar-refractivity contribution in [1.29, 1.82) is 0 Å². The Labute approximate surface area is 183 Å². The van der Waals surface area contributed by atoms with Crippen molar-refractivity contribution in [3.63, 3.8) is 0 Å². The molecule has 1 atom stereocenters. The predicted molar refractivity (Wildman–Crippen MR) is 117 cm³/mol. The molecule has 1 N–H and O–H groups in total. The van der Waals surface area contributed by atoms with Gasteiger partial charge in [0.2, 0.25) is 10.0 Å². The van der Waals surface area contributed by atoms with Crippen LogP contribution >= 0.6 is 0 Å². The number of rotatable bonds is 6. The Hall–Kier alpha value is -2.58. The van der Waals surface area contributed by atoms with Gasteiger partial charge in [-0.15, -0.1) is 0 Å². The fourth-order valence-electron chi connectivity index (χ4n) is 4.01. The largest absolute Gasteiger partial charge is 0.486 e. The number of carbonyl (C=O) groups excluding carboxylic acids is 1. The predicted octanol–water partition coefficient (Wildman–Crippen LogP) is 2.99. The number of fused-ring (bicyclic) bond motifs is 1. The molecule has 0 spiro atoms. The minimum absolute atomic E-state index is 0.00211. The summed E-state index contributed by atoms with van der Waals surface area (Å²) in [5.41, 5.74) is 1.48. The SMILES string of the molecule is C[C@H]1CCCCN1S(=O)(=O)c1ccc(C(=O)NCCc2ccc3c(c2)OCCO3)cc1. The number of carbonyl (C=O) groups is 1. The Kier molecular flexibility index (Phi) is 6.48. The molecule has 2 aliphatic rings. The molecule has 2 aromatic rings. The smallest absolute Gasteiger partial charge is 0.251 e. The summed E-state index contributed by atoms with van der Waals surface area (Å²) < 4.78 is 38.5. The third kappa shape index (κ3) is 4.85. The van der Waals surface area contributed by atoms with E-state index in [0.29, 0.717) is 38.3 Å². The van der Waals surface area contributed by atoms with Gasteiger partial charge in [-0.2, -0.15) is 4.31 Å². The van der Waals surface area contributed by atoms with Crippen molar-refractivity contribution < 1.29 is 22.7 Å². The van der Waals surface area contributed by atoms with E-state index < -0.39 is 10.0 Å². The van der Waals surface area contributed by atoms with E-state index >= 15 is 0 Å². The van der Waals surface area contributed by atoms with Crippen LogP contribution in [0.2, 0.25) is 0 Å². The fraction of sp³-hybridized carbons (Fsp3) is 0.435. The van der Waals surface area contributed by atoms with Crippen LogP contribution in [-0.2, 0) is 16.4 Å². The molecular formula is C23H28N2O5S. The number of piperidine rings is 1. The van der Waals surface area contributed by atoms with Crippen molar-refractivity contribution in [2.45, 2.75) is 43.5 Å². The van der Waals surface area contributed by atoms with E-state index in [4.69, 9.17) is 9.47 Å². The number of benzene rings is 2. The van der Waals surface area contributed by atoms with Crippen LogP contribution in [0, 0.1) is 0 Å². The highest BCUT2D eigenvalue weighted by atomic mass is 32.2. The first-order valence-corrected chi connectivity index (χ1v) is 12.2. The summed E-state index contributed by atoms with van der Waals surface area (Å²) >= 11 is 0. The molecule has 2 heterocycles. The average Bonchev–Trinajstić information content (AvgIpc) is 2.79. The van der Waals surface area contributed by atoms with Gasteiger partial charge in [-0.3, -0.25) is 4.79 Å². The zero-order valence-corrected chi connectivity index (χ0v) is 18.5. The van der Waals surface area contributed by atoms with E-state index in [1.807, 2.05) is 25.1 Å². The lowest BCUT2D eigenvalue weighted by atomic mass is 10.1. The van der Waals surface area contributed by atoms with Gasteiger partial charge in [0.05, 0.1) is 4.90 Å². The van der Waals surface area contributed by atoms with Gasteiger partial charge in [-0.1, -0.05) is 12.5 Å². The molecular weight excluding hydrogens is 416 g/mol. The zero-order valence-electron chi connectivity index (χ0n) is 17.7. The lowest BCUT2D eigenvalue weighted by molar-refractivity contribution is 0.0954. The summed E-state index contributed by atoms with van der Waals surface area (Å²) in [6.45, 7) is 4.05. The van der Waals surface area contributed by atoms with E-state index in [9.17, 15) is 13.2 Å². The molecule has 1 saturated heterocycles. The fourth-order valence-corrected chi connectivity index (χ4v) is 5.71. The topological polar surface area (TPSA) is 84.9 Å². The van der Waals surface area contributed by atoms with Crippen LogP contribution in [0.15, 0.2) is 47.4 Å². The Morgan fingerprint density at radius 3 is 2.55 bits per heavy atom. The van der Waals surface area contributed by atoms with Crippen molar-refractivity contribution in [1.82, 2.24) is 9.62 Å². The van der Waals surface area contributed by atoms with Crippen LogP contribution in [0.25, 0.3) is 0 Å². The molecule has 0 aromatic heterocycles. The van der Waals surface area contributed by atoms with Gasteiger partial charge in [-0.05, 0) is 68.1 Å². The maximum absolute atomic E-state index is 12.9. The average molecular weight is 445 g/mol. The standard InChI is InChI=1S/C23H28N2O5S/c1-17-4-2-3-13-25(17)31(27,28)20-8-6-19(7-9-20)23(26)24-12-11-18-5-10-21-22(16-18)30-15-14-29-21/h5-10,16-17H,2-4,11-15H2,1H3,(H,24,26)/t17-/m0/s1. The summed E-state index contributed by atoms with van der Waals surface area (Å²) in [4.78, 5) is 12.7. The van der Waals surface area contributed by atoms with E-state index in [1.54, 1.807) is 16.4 Å². The van der Waals surface area contributed by atoms with E-state index in [-0.39, 0.29) is 16.8 Å². The van der Waals surface area contributed by atoms with Crippen LogP contribution in [0.1, 0.15) is 42.1 Å². The Balaban J connectivity index is 1.34. The molecule has 4 rings (SSSR count). The third-order valence-corrected chi connectivity index (χ3v) is 7.80. The Bertz CT molecular complexity index is 1040. The molecule has 8 heteroatoms. The molecule has 7 nitrogen and oxygen atoms in total. The second-order valence-electron chi connectivity index (χ2n) is 7.97. The molecule has 31 heavy (non-hydrogen) atoms. The number of sulfonamides is 1. The van der Waals surface area contributed by atoms with Gasteiger partial charge in [0, 0.05) is 24.7 Å². The van der Waals surface area contributed by atoms with Gasteiger partial charge >= 0.3 is 0 Å². The quantitative estimate of drug-likeness (QED) is 0.740. The van der Waals surface area contributed by atoms with Gasteiger partial charge in [-0.25, -0.2) is 8.42 Å².